The van der Waals surface area contributed by atoms with Gasteiger partial charge in [0.05, 0.1) is 11.9 Å². The van der Waals surface area contributed by atoms with Crippen molar-refractivity contribution in [2.24, 2.45) is 5.73 Å². The lowest BCUT2D eigenvalue weighted by atomic mass is 10.4. The minimum atomic E-state index is -4.49. The molecule has 19 heavy (non-hydrogen) atoms. The summed E-state index contributed by atoms with van der Waals surface area (Å²) in [5.74, 6) is 0. The normalized spacial score (nSPS) is 12.1. The van der Waals surface area contributed by atoms with Gasteiger partial charge < -0.3 is 11.1 Å². The van der Waals surface area contributed by atoms with Crippen LogP contribution in [-0.2, 0) is 6.54 Å². The molecule has 0 atom stereocenters. The zero-order valence-corrected chi connectivity index (χ0v) is 11.3. The molecule has 0 radical (unpaired) electrons. The van der Waals surface area contributed by atoms with Gasteiger partial charge in [-0.3, -0.25) is 4.79 Å². The highest BCUT2D eigenvalue weighted by Crippen LogP contribution is 2.19. The maximum Gasteiger partial charge on any atom is 0.408 e. The van der Waals surface area contributed by atoms with Crippen LogP contribution in [0.5, 0.6) is 0 Å². The summed E-state index contributed by atoms with van der Waals surface area (Å²) in [5, 5.41) is 6.30. The Bertz CT molecular complexity index is 512. The second-order valence-corrected chi connectivity index (χ2v) is 4.33. The number of nitrogens with one attached hydrogen (secondary N) is 1. The Morgan fingerprint density at radius 3 is 2.74 bits per heavy atom. The quantitative estimate of drug-likeness (QED) is 0.796. The van der Waals surface area contributed by atoms with Crippen molar-refractivity contribution in [3.8, 4) is 0 Å². The minimum absolute atomic E-state index is 0.00731. The van der Waals surface area contributed by atoms with Crippen molar-refractivity contribution < 1.29 is 13.2 Å². The Balaban J connectivity index is 2.86. The molecule has 0 aromatic carbocycles. The van der Waals surface area contributed by atoms with Crippen LogP contribution < -0.4 is 16.6 Å². The second-order valence-electron chi connectivity index (χ2n) is 3.54. The molecule has 0 aliphatic heterocycles. The Kier molecular flexibility index (Phi) is 5.55. The monoisotopic (exact) mass is 340 g/mol. The Morgan fingerprint density at radius 2 is 2.16 bits per heavy atom. The fourth-order valence-corrected chi connectivity index (χ4v) is 1.67. The fraction of sp³-hybridized carbons (Fsp3) is 0.400. The van der Waals surface area contributed by atoms with Gasteiger partial charge in [-0.1, -0.05) is 12.2 Å². The minimum Gasteiger partial charge on any atom is -0.379 e. The zero-order chi connectivity index (χ0) is 14.5. The maximum absolute atomic E-state index is 12.2. The van der Waals surface area contributed by atoms with E-state index in [0.29, 0.717) is 23.5 Å². The highest BCUT2D eigenvalue weighted by atomic mass is 79.9. The van der Waals surface area contributed by atoms with Gasteiger partial charge in [0.25, 0.3) is 5.56 Å². The van der Waals surface area contributed by atoms with Crippen molar-refractivity contribution in [3.63, 3.8) is 0 Å². The van der Waals surface area contributed by atoms with Crippen LogP contribution in [0.1, 0.15) is 0 Å². The van der Waals surface area contributed by atoms with Crippen molar-refractivity contribution >= 4 is 21.6 Å². The van der Waals surface area contributed by atoms with Crippen molar-refractivity contribution in [2.45, 2.75) is 12.7 Å². The highest BCUT2D eigenvalue weighted by Gasteiger charge is 2.29. The average molecular weight is 341 g/mol. The van der Waals surface area contributed by atoms with Crippen molar-refractivity contribution in [2.75, 3.05) is 18.4 Å². The van der Waals surface area contributed by atoms with Gasteiger partial charge in [-0.25, -0.2) is 4.68 Å². The maximum atomic E-state index is 12.2. The molecule has 0 saturated carbocycles. The molecule has 0 aliphatic carbocycles. The summed E-state index contributed by atoms with van der Waals surface area (Å²) in [7, 11) is 0. The molecular formula is C10H12BrF3N4O. The lowest BCUT2D eigenvalue weighted by Crippen LogP contribution is -2.31. The molecule has 0 bridgehead atoms. The van der Waals surface area contributed by atoms with E-state index < -0.39 is 18.3 Å². The van der Waals surface area contributed by atoms with Crippen LogP contribution in [0.4, 0.5) is 18.9 Å². The number of hydrogen-bond acceptors (Lipinski definition) is 4. The first kappa shape index (κ1) is 15.7. The summed E-state index contributed by atoms with van der Waals surface area (Å²) in [4.78, 5) is 11.6. The number of anilines is 1. The zero-order valence-electron chi connectivity index (χ0n) is 9.75. The molecule has 0 aliphatic rings. The summed E-state index contributed by atoms with van der Waals surface area (Å²) in [6.45, 7) is -0.647. The average Bonchev–Trinajstić information content (AvgIpc) is 2.31. The van der Waals surface area contributed by atoms with Crippen LogP contribution in [-0.4, -0.2) is 29.0 Å². The molecule has 5 nitrogen and oxygen atoms in total. The predicted molar refractivity (Wildman–Crippen MR) is 68.9 cm³/mol. The summed E-state index contributed by atoms with van der Waals surface area (Å²) in [6, 6.07) is 0. The third kappa shape index (κ3) is 5.03. The van der Waals surface area contributed by atoms with Crippen LogP contribution in [0, 0.1) is 0 Å². The van der Waals surface area contributed by atoms with E-state index in [2.05, 4.69) is 26.3 Å². The summed E-state index contributed by atoms with van der Waals surface area (Å²) in [5.41, 5.74) is 4.73. The Hall–Kier alpha value is -1.35. The molecule has 1 aromatic heterocycles. The molecule has 0 saturated heterocycles. The van der Waals surface area contributed by atoms with Crippen LogP contribution >= 0.6 is 15.9 Å². The molecule has 1 heterocycles. The standard InChI is InChI=1S/C10H12BrF3N4O/c11-8-7(16-4-2-1-3-15)5-17-18(9(8)19)6-10(12,13)14/h1-2,5,16H,3-4,6,15H2/b2-1+. The molecule has 3 N–H and O–H groups in total. The third-order valence-electron chi connectivity index (χ3n) is 2.03. The number of alkyl halides is 3. The van der Waals surface area contributed by atoms with E-state index in [0.717, 1.165) is 6.20 Å². The van der Waals surface area contributed by atoms with Gasteiger partial charge in [-0.05, 0) is 15.9 Å². The van der Waals surface area contributed by atoms with Crippen LogP contribution in [0.15, 0.2) is 27.6 Å². The molecule has 106 valence electrons. The van der Waals surface area contributed by atoms with E-state index in [1.165, 1.54) is 0 Å². The Labute approximate surface area is 115 Å². The molecule has 9 heteroatoms. The first-order chi connectivity index (χ1) is 8.85. The van der Waals surface area contributed by atoms with E-state index in [9.17, 15) is 18.0 Å². The summed E-state index contributed by atoms with van der Waals surface area (Å²) >= 11 is 2.96. The van der Waals surface area contributed by atoms with Gasteiger partial charge in [-0.2, -0.15) is 18.3 Å². The predicted octanol–water partition coefficient (Wildman–Crippen LogP) is 1.49. The van der Waals surface area contributed by atoms with E-state index in [1.807, 2.05) is 0 Å². The third-order valence-corrected chi connectivity index (χ3v) is 2.79. The molecule has 0 spiro atoms. The SMILES string of the molecule is NC/C=C/CNc1cnn(CC(F)(F)F)c(=O)c1Br. The molecular weight excluding hydrogens is 329 g/mol. The van der Waals surface area contributed by atoms with Crippen LogP contribution in [0.25, 0.3) is 0 Å². The lowest BCUT2D eigenvalue weighted by molar-refractivity contribution is -0.143. The number of nitrogens with zero attached hydrogens (tertiary/aromatic N) is 2. The Morgan fingerprint density at radius 1 is 1.47 bits per heavy atom. The van der Waals surface area contributed by atoms with Gasteiger partial charge in [-0.15, -0.1) is 0 Å². The summed E-state index contributed by atoms with van der Waals surface area (Å²) in [6.07, 6.45) is 0.107. The molecule has 0 fully saturated rings. The van der Waals surface area contributed by atoms with Crippen molar-refractivity contribution in [3.05, 3.63) is 33.2 Å². The number of hydrogen-bond donors (Lipinski definition) is 2. The van der Waals surface area contributed by atoms with Gasteiger partial charge in [0, 0.05) is 13.1 Å². The van der Waals surface area contributed by atoms with Crippen molar-refractivity contribution in [1.82, 2.24) is 9.78 Å². The molecule has 1 aromatic rings. The fourth-order valence-electron chi connectivity index (χ4n) is 1.22. The largest absolute Gasteiger partial charge is 0.408 e. The number of rotatable bonds is 5. The lowest BCUT2D eigenvalue weighted by Gasteiger charge is -2.11. The van der Waals surface area contributed by atoms with E-state index >= 15 is 0 Å². The molecule has 1 rings (SSSR count). The smallest absolute Gasteiger partial charge is 0.379 e. The van der Waals surface area contributed by atoms with E-state index in [-0.39, 0.29) is 4.47 Å². The van der Waals surface area contributed by atoms with Gasteiger partial charge in [0.1, 0.15) is 11.0 Å². The molecule has 0 amide bonds. The van der Waals surface area contributed by atoms with Gasteiger partial charge in [0.15, 0.2) is 0 Å². The second kappa shape index (κ2) is 6.71. The van der Waals surface area contributed by atoms with E-state index in [4.69, 9.17) is 5.73 Å². The van der Waals surface area contributed by atoms with Crippen molar-refractivity contribution in [1.29, 1.82) is 0 Å². The van der Waals surface area contributed by atoms with Gasteiger partial charge in [0.2, 0.25) is 0 Å². The summed E-state index contributed by atoms with van der Waals surface area (Å²) < 4.78 is 36.9. The van der Waals surface area contributed by atoms with Gasteiger partial charge >= 0.3 is 6.18 Å². The van der Waals surface area contributed by atoms with Crippen LogP contribution in [0.2, 0.25) is 0 Å². The first-order valence-corrected chi connectivity index (χ1v) is 6.05. The molecule has 0 unspecified atom stereocenters. The first-order valence-electron chi connectivity index (χ1n) is 5.26. The van der Waals surface area contributed by atoms with Crippen LogP contribution in [0.3, 0.4) is 0 Å². The highest BCUT2D eigenvalue weighted by molar-refractivity contribution is 9.10. The number of halogens is 4. The number of nitrogens with two attached hydrogens (primary N) is 1. The topological polar surface area (TPSA) is 72.9 Å². The number of aromatic nitrogens is 2. The van der Waals surface area contributed by atoms with E-state index in [1.54, 1.807) is 12.2 Å².